The Balaban J connectivity index is 1.67. The van der Waals surface area contributed by atoms with E-state index in [0.717, 1.165) is 18.5 Å². The van der Waals surface area contributed by atoms with Crippen molar-refractivity contribution in [2.24, 2.45) is 5.92 Å². The van der Waals surface area contributed by atoms with Gasteiger partial charge in [0.25, 0.3) is 0 Å². The summed E-state index contributed by atoms with van der Waals surface area (Å²) in [5, 5.41) is 0.571. The van der Waals surface area contributed by atoms with Crippen molar-refractivity contribution in [2.45, 2.75) is 37.0 Å². The van der Waals surface area contributed by atoms with Crippen LogP contribution in [0, 0.1) is 5.92 Å². The van der Waals surface area contributed by atoms with Gasteiger partial charge in [-0.05, 0) is 24.1 Å². The lowest BCUT2D eigenvalue weighted by molar-refractivity contribution is 0.0939. The lowest BCUT2D eigenvalue weighted by Gasteiger charge is -2.09. The van der Waals surface area contributed by atoms with Crippen LogP contribution in [0.2, 0.25) is 0 Å². The van der Waals surface area contributed by atoms with Crippen LogP contribution in [0.1, 0.15) is 29.8 Å². The molecule has 2 aromatic rings. The first-order chi connectivity index (χ1) is 9.63. The zero-order chi connectivity index (χ0) is 14.1. The molecule has 0 spiro atoms. The summed E-state index contributed by atoms with van der Waals surface area (Å²) in [4.78, 5) is 13.4. The Kier molecular flexibility index (Phi) is 3.70. The Bertz CT molecular complexity index is 604. The molecule has 2 heterocycles. The van der Waals surface area contributed by atoms with Crippen LogP contribution in [0.4, 0.5) is 0 Å². The zero-order valence-electron chi connectivity index (χ0n) is 11.9. The number of fused-ring (bicyclic) bond motifs is 1. The van der Waals surface area contributed by atoms with Crippen LogP contribution in [0.25, 0.3) is 0 Å². The molecule has 1 aliphatic rings. The molecule has 0 N–H and O–H groups in total. The normalized spacial score (nSPS) is 17.4. The Morgan fingerprint density at radius 2 is 2.15 bits per heavy atom. The van der Waals surface area contributed by atoms with Crippen LogP contribution >= 0.6 is 11.8 Å². The minimum atomic E-state index is 0.0657. The number of ketones is 1. The van der Waals surface area contributed by atoms with E-state index >= 15 is 0 Å². The summed E-state index contributed by atoms with van der Waals surface area (Å²) in [6.07, 6.45) is 5.14. The van der Waals surface area contributed by atoms with Gasteiger partial charge < -0.3 is 4.57 Å². The predicted octanol–water partition coefficient (Wildman–Crippen LogP) is 4.04. The van der Waals surface area contributed by atoms with Crippen LogP contribution in [-0.4, -0.2) is 15.6 Å². The van der Waals surface area contributed by atoms with E-state index in [1.807, 2.05) is 44.1 Å². The molecule has 3 heteroatoms. The first-order valence-electron chi connectivity index (χ1n) is 7.08. The lowest BCUT2D eigenvalue weighted by Crippen LogP contribution is -2.11. The van der Waals surface area contributed by atoms with Crippen molar-refractivity contribution in [3.8, 4) is 0 Å². The molecule has 104 valence electrons. The van der Waals surface area contributed by atoms with Crippen molar-refractivity contribution in [3.63, 3.8) is 0 Å². The second-order valence-corrected chi connectivity index (χ2v) is 7.01. The summed E-state index contributed by atoms with van der Waals surface area (Å²) >= 11 is 1.95. The highest BCUT2D eigenvalue weighted by Gasteiger charge is 2.22. The van der Waals surface area contributed by atoms with Gasteiger partial charge in [-0.3, -0.25) is 4.79 Å². The molecule has 1 aliphatic heterocycles. The molecular weight excluding hydrogens is 266 g/mol. The molecule has 0 aliphatic carbocycles. The maximum atomic E-state index is 12.0. The third-order valence-corrected chi connectivity index (χ3v) is 4.99. The molecule has 0 saturated carbocycles. The van der Waals surface area contributed by atoms with E-state index in [1.54, 1.807) is 0 Å². The first kappa shape index (κ1) is 13.5. The lowest BCUT2D eigenvalue weighted by atomic mass is 10.0. The van der Waals surface area contributed by atoms with Gasteiger partial charge in [-0.2, -0.15) is 0 Å². The van der Waals surface area contributed by atoms with Crippen LogP contribution in [0.5, 0.6) is 0 Å². The fourth-order valence-electron chi connectivity index (χ4n) is 2.62. The zero-order valence-corrected chi connectivity index (χ0v) is 12.7. The molecule has 1 atom stereocenters. The largest absolute Gasteiger partial charge is 0.352 e. The van der Waals surface area contributed by atoms with Gasteiger partial charge in [0.05, 0.1) is 0 Å². The van der Waals surface area contributed by atoms with Gasteiger partial charge in [-0.25, -0.2) is 0 Å². The fourth-order valence-corrected chi connectivity index (χ4v) is 3.95. The number of carbonyl (C=O) groups is 1. The van der Waals surface area contributed by atoms with Gasteiger partial charge in [0.2, 0.25) is 0 Å². The Morgan fingerprint density at radius 3 is 2.90 bits per heavy atom. The third-order valence-electron chi connectivity index (χ3n) is 3.69. The average molecular weight is 285 g/mol. The van der Waals surface area contributed by atoms with Gasteiger partial charge >= 0.3 is 0 Å². The standard InChI is InChI=1S/C17H19NOS/c1-12(2)17(19)14-7-8-18(10-14)11-15-9-13-5-3-4-6-16(13)20-15/h3-8,10,12,15H,9,11H2,1-2H3. The van der Waals surface area contributed by atoms with E-state index in [0.29, 0.717) is 5.25 Å². The molecule has 0 fully saturated rings. The predicted molar refractivity (Wildman–Crippen MR) is 83.4 cm³/mol. The van der Waals surface area contributed by atoms with E-state index in [1.165, 1.54) is 10.5 Å². The first-order valence-corrected chi connectivity index (χ1v) is 7.96. The number of aromatic nitrogens is 1. The summed E-state index contributed by atoms with van der Waals surface area (Å²) in [6, 6.07) is 10.6. The van der Waals surface area contributed by atoms with Crippen molar-refractivity contribution in [1.82, 2.24) is 4.57 Å². The summed E-state index contributed by atoms with van der Waals surface area (Å²) in [5.74, 6) is 0.294. The van der Waals surface area contributed by atoms with Crippen LogP contribution in [-0.2, 0) is 13.0 Å². The number of hydrogen-bond donors (Lipinski definition) is 0. The fraction of sp³-hybridized carbons (Fsp3) is 0.353. The summed E-state index contributed by atoms with van der Waals surface area (Å²) in [6.45, 7) is 4.86. The number of benzene rings is 1. The van der Waals surface area contributed by atoms with Gasteiger partial charge in [0.15, 0.2) is 5.78 Å². The number of Topliss-reactive ketones (excluding diaryl/α,β-unsaturated/α-hetero) is 1. The third kappa shape index (κ3) is 2.68. The number of hydrogen-bond acceptors (Lipinski definition) is 2. The highest BCUT2D eigenvalue weighted by atomic mass is 32.2. The molecule has 0 radical (unpaired) electrons. The summed E-state index contributed by atoms with van der Waals surface area (Å²) < 4.78 is 2.15. The summed E-state index contributed by atoms with van der Waals surface area (Å²) in [5.41, 5.74) is 2.29. The highest BCUT2D eigenvalue weighted by molar-refractivity contribution is 8.00. The minimum Gasteiger partial charge on any atom is -0.352 e. The van der Waals surface area contributed by atoms with Gasteiger partial charge in [0, 0.05) is 40.6 Å². The molecule has 0 bridgehead atoms. The van der Waals surface area contributed by atoms with E-state index in [-0.39, 0.29) is 11.7 Å². The molecule has 3 rings (SSSR count). The van der Waals surface area contributed by atoms with Crippen molar-refractivity contribution in [3.05, 3.63) is 53.9 Å². The Labute approximate surface area is 124 Å². The quantitative estimate of drug-likeness (QED) is 0.791. The van der Waals surface area contributed by atoms with E-state index in [4.69, 9.17) is 0 Å². The Morgan fingerprint density at radius 1 is 1.35 bits per heavy atom. The average Bonchev–Trinajstić information content (AvgIpc) is 3.03. The maximum absolute atomic E-state index is 12.0. The van der Waals surface area contributed by atoms with Crippen molar-refractivity contribution in [2.75, 3.05) is 0 Å². The van der Waals surface area contributed by atoms with Crippen molar-refractivity contribution in [1.29, 1.82) is 0 Å². The molecule has 20 heavy (non-hydrogen) atoms. The number of carbonyl (C=O) groups excluding carboxylic acids is 1. The van der Waals surface area contributed by atoms with Crippen LogP contribution in [0.3, 0.4) is 0 Å². The number of nitrogens with zero attached hydrogens (tertiary/aromatic N) is 1. The Hall–Kier alpha value is -1.48. The van der Waals surface area contributed by atoms with Gasteiger partial charge in [-0.15, -0.1) is 11.8 Å². The molecule has 0 amide bonds. The van der Waals surface area contributed by atoms with Crippen LogP contribution in [0.15, 0.2) is 47.6 Å². The van der Waals surface area contributed by atoms with Crippen molar-refractivity contribution >= 4 is 17.5 Å². The highest BCUT2D eigenvalue weighted by Crippen LogP contribution is 2.37. The number of rotatable bonds is 4. The maximum Gasteiger partial charge on any atom is 0.166 e. The molecule has 1 unspecified atom stereocenters. The second kappa shape index (κ2) is 5.49. The molecule has 1 aromatic heterocycles. The SMILES string of the molecule is CC(C)C(=O)c1ccn(CC2Cc3ccccc3S2)c1. The molecule has 2 nitrogen and oxygen atoms in total. The van der Waals surface area contributed by atoms with E-state index in [9.17, 15) is 4.79 Å². The number of thioether (sulfide) groups is 1. The molecular formula is C17H19NOS. The smallest absolute Gasteiger partial charge is 0.166 e. The van der Waals surface area contributed by atoms with Crippen LogP contribution < -0.4 is 0 Å². The van der Waals surface area contributed by atoms with Gasteiger partial charge in [-0.1, -0.05) is 32.0 Å². The summed E-state index contributed by atoms with van der Waals surface area (Å²) in [7, 11) is 0. The van der Waals surface area contributed by atoms with Gasteiger partial charge in [0.1, 0.15) is 0 Å². The topological polar surface area (TPSA) is 22.0 Å². The monoisotopic (exact) mass is 285 g/mol. The van der Waals surface area contributed by atoms with E-state index in [2.05, 4.69) is 28.8 Å². The molecule has 0 saturated heterocycles. The second-order valence-electron chi connectivity index (χ2n) is 5.67. The minimum absolute atomic E-state index is 0.0657. The van der Waals surface area contributed by atoms with E-state index < -0.39 is 0 Å². The van der Waals surface area contributed by atoms with Crippen molar-refractivity contribution < 1.29 is 4.79 Å². The molecule has 1 aromatic carbocycles.